The number of anilines is 1. The summed E-state index contributed by atoms with van der Waals surface area (Å²) in [6, 6.07) is 13.4. The number of likely N-dealkylation sites (N-methyl/N-ethyl adjacent to an activating group) is 1. The standard InChI is InChI=1S/C24H32ClN3O4S/c1-6-21(24(30)26-4)27(15-18-11-13-19(25)14-12-18)23(29)16-28(33(5,31)32)22-10-8-7-9-20(22)17(2)3/h7-14,17,21H,6,15-16H2,1-5H3,(H,26,30). The zero-order chi connectivity index (χ0) is 24.8. The molecule has 2 rings (SSSR count). The predicted molar refractivity (Wildman–Crippen MR) is 133 cm³/mol. The molecular weight excluding hydrogens is 462 g/mol. The summed E-state index contributed by atoms with van der Waals surface area (Å²) in [6.45, 7) is 5.47. The number of amides is 2. The minimum atomic E-state index is -3.77. The van der Waals surface area contributed by atoms with E-state index in [0.29, 0.717) is 17.1 Å². The van der Waals surface area contributed by atoms with Gasteiger partial charge in [0.15, 0.2) is 0 Å². The van der Waals surface area contributed by atoms with E-state index in [2.05, 4.69) is 5.32 Å². The van der Waals surface area contributed by atoms with Crippen molar-refractivity contribution in [2.75, 3.05) is 24.2 Å². The number of hydrogen-bond donors (Lipinski definition) is 1. The van der Waals surface area contributed by atoms with Gasteiger partial charge in [-0.2, -0.15) is 0 Å². The first-order valence-electron chi connectivity index (χ1n) is 10.8. The second-order valence-electron chi connectivity index (χ2n) is 8.17. The molecule has 2 aromatic rings. The number of nitrogens with zero attached hydrogens (tertiary/aromatic N) is 2. The van der Waals surface area contributed by atoms with Crippen LogP contribution in [0.2, 0.25) is 5.02 Å². The average molecular weight is 494 g/mol. The van der Waals surface area contributed by atoms with Crippen LogP contribution in [0.3, 0.4) is 0 Å². The van der Waals surface area contributed by atoms with Gasteiger partial charge in [-0.15, -0.1) is 0 Å². The number of rotatable bonds is 10. The second-order valence-corrected chi connectivity index (χ2v) is 10.5. The topological polar surface area (TPSA) is 86.8 Å². The van der Waals surface area contributed by atoms with E-state index < -0.39 is 28.5 Å². The molecule has 0 bridgehead atoms. The number of carbonyl (C=O) groups is 2. The van der Waals surface area contributed by atoms with Gasteiger partial charge in [0, 0.05) is 18.6 Å². The molecular formula is C24H32ClN3O4S. The molecule has 180 valence electrons. The molecule has 1 N–H and O–H groups in total. The third kappa shape index (κ3) is 6.95. The first kappa shape index (κ1) is 26.7. The number of halogens is 1. The first-order chi connectivity index (χ1) is 15.5. The number of para-hydroxylation sites is 1. The molecule has 9 heteroatoms. The molecule has 0 fully saturated rings. The van der Waals surface area contributed by atoms with Crippen molar-refractivity contribution in [3.63, 3.8) is 0 Å². The van der Waals surface area contributed by atoms with Crippen molar-refractivity contribution in [1.29, 1.82) is 0 Å². The zero-order valence-corrected chi connectivity index (χ0v) is 21.3. The van der Waals surface area contributed by atoms with Crippen molar-refractivity contribution in [3.8, 4) is 0 Å². The van der Waals surface area contributed by atoms with Crippen molar-refractivity contribution in [1.82, 2.24) is 10.2 Å². The molecule has 2 aromatic carbocycles. The molecule has 0 aliphatic heterocycles. The third-order valence-corrected chi connectivity index (χ3v) is 6.78. The van der Waals surface area contributed by atoms with Crippen LogP contribution in [0, 0.1) is 0 Å². The Labute approximate surface area is 201 Å². The molecule has 2 amide bonds. The Kier molecular flexibility index (Phi) is 9.31. The van der Waals surface area contributed by atoms with Gasteiger partial charge in [0.25, 0.3) is 0 Å². The summed E-state index contributed by atoms with van der Waals surface area (Å²) in [5, 5.41) is 3.16. The van der Waals surface area contributed by atoms with E-state index in [0.717, 1.165) is 21.7 Å². The van der Waals surface area contributed by atoms with E-state index in [9.17, 15) is 18.0 Å². The number of nitrogens with one attached hydrogen (secondary N) is 1. The van der Waals surface area contributed by atoms with E-state index in [4.69, 9.17) is 11.6 Å². The van der Waals surface area contributed by atoms with E-state index in [1.807, 2.05) is 32.9 Å². The van der Waals surface area contributed by atoms with Crippen LogP contribution >= 0.6 is 11.6 Å². The molecule has 0 aromatic heterocycles. The largest absolute Gasteiger partial charge is 0.357 e. The number of carbonyl (C=O) groups excluding carboxylic acids is 2. The van der Waals surface area contributed by atoms with Crippen LogP contribution in [-0.2, 0) is 26.2 Å². The van der Waals surface area contributed by atoms with Gasteiger partial charge >= 0.3 is 0 Å². The summed E-state index contributed by atoms with van der Waals surface area (Å²) in [6.07, 6.45) is 1.46. The van der Waals surface area contributed by atoms with Crippen molar-refractivity contribution >= 4 is 39.1 Å². The fourth-order valence-corrected chi connectivity index (χ4v) is 4.66. The predicted octanol–water partition coefficient (Wildman–Crippen LogP) is 3.78. The molecule has 0 heterocycles. The highest BCUT2D eigenvalue weighted by Gasteiger charge is 2.32. The zero-order valence-electron chi connectivity index (χ0n) is 19.7. The fraction of sp³-hybridized carbons (Fsp3) is 0.417. The first-order valence-corrected chi connectivity index (χ1v) is 13.0. The molecule has 0 saturated heterocycles. The molecule has 1 atom stereocenters. The van der Waals surface area contributed by atoms with Gasteiger partial charge in [-0.1, -0.05) is 62.7 Å². The van der Waals surface area contributed by atoms with E-state index in [1.165, 1.54) is 11.9 Å². The Morgan fingerprint density at radius 3 is 2.18 bits per heavy atom. The van der Waals surface area contributed by atoms with Crippen LogP contribution in [0.1, 0.15) is 44.2 Å². The molecule has 0 aliphatic rings. The summed E-state index contributed by atoms with van der Waals surface area (Å²) in [7, 11) is -2.26. The molecule has 0 radical (unpaired) electrons. The maximum absolute atomic E-state index is 13.6. The van der Waals surface area contributed by atoms with Crippen LogP contribution < -0.4 is 9.62 Å². The van der Waals surface area contributed by atoms with Crippen molar-refractivity contribution in [2.24, 2.45) is 0 Å². The summed E-state index contributed by atoms with van der Waals surface area (Å²) in [5.41, 5.74) is 2.06. The Morgan fingerprint density at radius 1 is 1.06 bits per heavy atom. The summed E-state index contributed by atoms with van der Waals surface area (Å²) in [5.74, 6) is -0.724. The lowest BCUT2D eigenvalue weighted by Gasteiger charge is -2.33. The van der Waals surface area contributed by atoms with E-state index in [-0.39, 0.29) is 18.4 Å². The average Bonchev–Trinajstić information content (AvgIpc) is 2.77. The van der Waals surface area contributed by atoms with Crippen molar-refractivity contribution in [3.05, 3.63) is 64.7 Å². The maximum atomic E-state index is 13.6. The number of sulfonamides is 1. The number of benzene rings is 2. The number of hydrogen-bond acceptors (Lipinski definition) is 4. The lowest BCUT2D eigenvalue weighted by molar-refractivity contribution is -0.140. The van der Waals surface area contributed by atoms with Gasteiger partial charge in [-0.05, 0) is 41.7 Å². The van der Waals surface area contributed by atoms with E-state index >= 15 is 0 Å². The molecule has 0 saturated carbocycles. The smallest absolute Gasteiger partial charge is 0.244 e. The van der Waals surface area contributed by atoms with Gasteiger partial charge in [-0.25, -0.2) is 8.42 Å². The van der Waals surface area contributed by atoms with Crippen LogP contribution in [0.25, 0.3) is 0 Å². The lowest BCUT2D eigenvalue weighted by Crippen LogP contribution is -2.51. The molecule has 0 aliphatic carbocycles. The normalized spacial score (nSPS) is 12.3. The summed E-state index contributed by atoms with van der Waals surface area (Å²) >= 11 is 5.98. The highest BCUT2D eigenvalue weighted by Crippen LogP contribution is 2.29. The molecule has 33 heavy (non-hydrogen) atoms. The quantitative estimate of drug-likeness (QED) is 0.545. The Morgan fingerprint density at radius 2 is 1.67 bits per heavy atom. The minimum absolute atomic E-state index is 0.0555. The van der Waals surface area contributed by atoms with Gasteiger partial charge in [-0.3, -0.25) is 13.9 Å². The van der Waals surface area contributed by atoms with E-state index in [1.54, 1.807) is 36.4 Å². The molecule has 1 unspecified atom stereocenters. The Hall–Kier alpha value is -2.58. The molecule has 0 spiro atoms. The highest BCUT2D eigenvalue weighted by molar-refractivity contribution is 7.92. The Bertz CT molecular complexity index is 1070. The lowest BCUT2D eigenvalue weighted by atomic mass is 10.0. The summed E-state index contributed by atoms with van der Waals surface area (Å²) < 4.78 is 26.6. The van der Waals surface area contributed by atoms with Crippen molar-refractivity contribution < 1.29 is 18.0 Å². The second kappa shape index (κ2) is 11.5. The van der Waals surface area contributed by atoms with Crippen molar-refractivity contribution in [2.45, 2.75) is 45.7 Å². The minimum Gasteiger partial charge on any atom is -0.357 e. The van der Waals surface area contributed by atoms with Crippen LogP contribution in [0.15, 0.2) is 48.5 Å². The van der Waals surface area contributed by atoms with Crippen LogP contribution in [0.4, 0.5) is 5.69 Å². The monoisotopic (exact) mass is 493 g/mol. The molecule has 7 nitrogen and oxygen atoms in total. The maximum Gasteiger partial charge on any atom is 0.244 e. The van der Waals surface area contributed by atoms with Gasteiger partial charge in [0.1, 0.15) is 12.6 Å². The van der Waals surface area contributed by atoms with Crippen LogP contribution in [0.5, 0.6) is 0 Å². The Balaban J connectivity index is 2.48. The summed E-state index contributed by atoms with van der Waals surface area (Å²) in [4.78, 5) is 27.6. The van der Waals surface area contributed by atoms with Gasteiger partial charge < -0.3 is 10.2 Å². The van der Waals surface area contributed by atoms with Gasteiger partial charge in [0.2, 0.25) is 21.8 Å². The highest BCUT2D eigenvalue weighted by atomic mass is 35.5. The van der Waals surface area contributed by atoms with Gasteiger partial charge in [0.05, 0.1) is 11.9 Å². The fourth-order valence-electron chi connectivity index (χ4n) is 3.67. The van der Waals surface area contributed by atoms with Crippen LogP contribution in [-0.4, -0.2) is 51.0 Å². The SMILES string of the molecule is CCC(C(=O)NC)N(Cc1ccc(Cl)cc1)C(=O)CN(c1ccccc1C(C)C)S(C)(=O)=O. The third-order valence-electron chi connectivity index (χ3n) is 5.41.